The fourth-order valence-corrected chi connectivity index (χ4v) is 5.36. The Kier molecular flexibility index (Phi) is 9.45. The van der Waals surface area contributed by atoms with Crippen LogP contribution in [0.4, 0.5) is 24.8 Å². The Bertz CT molecular complexity index is 1220. The highest BCUT2D eigenvalue weighted by Gasteiger charge is 2.38. The number of piperidine rings is 1. The lowest BCUT2D eigenvalue weighted by atomic mass is 9.91. The number of anilines is 2. The lowest BCUT2D eigenvalue weighted by Gasteiger charge is -2.34. The number of aromatic nitrogens is 2. The molecule has 0 bridgehead atoms. The zero-order valence-electron chi connectivity index (χ0n) is 22.2. The summed E-state index contributed by atoms with van der Waals surface area (Å²) in [7, 11) is 0. The molecule has 2 N–H and O–H groups in total. The van der Waals surface area contributed by atoms with Crippen molar-refractivity contribution in [2.45, 2.75) is 63.6 Å². The SMILES string of the molecule is N#Cc1ccc(CCNC(=O)C2CCCN2c2cc(N3CCC(CCCC(=O)O)CC3)nc(C(F)(F)F)n2)cc1. The van der Waals surface area contributed by atoms with Crippen LogP contribution in [-0.4, -0.2) is 59.2 Å². The highest BCUT2D eigenvalue weighted by molar-refractivity contribution is 5.85. The molecule has 40 heavy (non-hydrogen) atoms. The van der Waals surface area contributed by atoms with Crippen molar-refractivity contribution in [1.29, 1.82) is 5.26 Å². The van der Waals surface area contributed by atoms with Gasteiger partial charge < -0.3 is 20.2 Å². The second kappa shape index (κ2) is 13.0. The summed E-state index contributed by atoms with van der Waals surface area (Å²) >= 11 is 0. The molecule has 9 nitrogen and oxygen atoms in total. The number of nitriles is 1. The third-order valence-corrected chi connectivity index (χ3v) is 7.54. The number of carbonyl (C=O) groups is 2. The number of carboxylic acid groups (broad SMARTS) is 1. The number of alkyl halides is 3. The molecule has 2 saturated heterocycles. The van der Waals surface area contributed by atoms with Crippen LogP contribution in [-0.2, 0) is 22.2 Å². The van der Waals surface area contributed by atoms with Crippen molar-refractivity contribution in [1.82, 2.24) is 15.3 Å². The molecule has 214 valence electrons. The fourth-order valence-electron chi connectivity index (χ4n) is 5.36. The molecule has 0 spiro atoms. The molecule has 0 saturated carbocycles. The van der Waals surface area contributed by atoms with Gasteiger partial charge in [-0.05, 0) is 68.6 Å². The molecule has 0 aliphatic carbocycles. The summed E-state index contributed by atoms with van der Waals surface area (Å²) in [6, 6.07) is 10.0. The molecule has 12 heteroatoms. The topological polar surface area (TPSA) is 122 Å². The summed E-state index contributed by atoms with van der Waals surface area (Å²) < 4.78 is 41.4. The Balaban J connectivity index is 1.42. The van der Waals surface area contributed by atoms with E-state index in [1.54, 1.807) is 23.1 Å². The highest BCUT2D eigenvalue weighted by atomic mass is 19.4. The molecular weight excluding hydrogens is 525 g/mol. The third-order valence-electron chi connectivity index (χ3n) is 7.54. The number of aliphatic carboxylic acids is 1. The average Bonchev–Trinajstić information content (AvgIpc) is 3.43. The van der Waals surface area contributed by atoms with E-state index in [9.17, 15) is 22.8 Å². The highest BCUT2D eigenvalue weighted by Crippen LogP contribution is 2.34. The maximum Gasteiger partial charge on any atom is 0.451 e. The predicted molar refractivity (Wildman–Crippen MR) is 142 cm³/mol. The van der Waals surface area contributed by atoms with Crippen LogP contribution in [0.5, 0.6) is 0 Å². The van der Waals surface area contributed by atoms with E-state index in [2.05, 4.69) is 21.4 Å². The standard InChI is InChI=1S/C28H33F3N6O3/c29-28(30,31)27-34-23(36-15-11-19(12-16-36)3-1-5-25(38)39)17-24(35-27)37-14-2-4-22(37)26(40)33-13-10-20-6-8-21(18-32)9-7-20/h6-9,17,19,22H,1-5,10-16H2,(H,33,40)(H,38,39). The van der Waals surface area contributed by atoms with Crippen molar-refractivity contribution in [3.05, 3.63) is 47.3 Å². The van der Waals surface area contributed by atoms with Gasteiger partial charge in [0.25, 0.3) is 0 Å². The molecule has 1 atom stereocenters. The lowest BCUT2D eigenvalue weighted by molar-refractivity contribution is -0.144. The first kappa shape index (κ1) is 29.1. The van der Waals surface area contributed by atoms with Crippen LogP contribution >= 0.6 is 0 Å². The van der Waals surface area contributed by atoms with Gasteiger partial charge in [-0.25, -0.2) is 9.97 Å². The largest absolute Gasteiger partial charge is 0.481 e. The average molecular weight is 559 g/mol. The van der Waals surface area contributed by atoms with Gasteiger partial charge in [0.2, 0.25) is 11.7 Å². The normalized spacial score (nSPS) is 18.0. The molecule has 2 aliphatic heterocycles. The summed E-state index contributed by atoms with van der Waals surface area (Å²) in [6.45, 7) is 1.81. The van der Waals surface area contributed by atoms with Gasteiger partial charge in [0, 0.05) is 38.7 Å². The van der Waals surface area contributed by atoms with Crippen LogP contribution < -0.4 is 15.1 Å². The summed E-state index contributed by atoms with van der Waals surface area (Å²) in [5, 5.41) is 20.7. The number of carbonyl (C=O) groups excluding carboxylic acids is 1. The number of nitrogens with one attached hydrogen (secondary N) is 1. The molecule has 1 amide bonds. The van der Waals surface area contributed by atoms with Crippen molar-refractivity contribution in [2.75, 3.05) is 36.0 Å². The number of benzene rings is 1. The number of amides is 1. The smallest absolute Gasteiger partial charge is 0.451 e. The minimum absolute atomic E-state index is 0.0886. The maximum absolute atomic E-state index is 13.8. The number of carboxylic acids is 1. The second-order valence-electron chi connectivity index (χ2n) is 10.3. The van der Waals surface area contributed by atoms with Gasteiger partial charge >= 0.3 is 12.1 Å². The van der Waals surface area contributed by atoms with E-state index in [4.69, 9.17) is 10.4 Å². The number of hydrogen-bond donors (Lipinski definition) is 2. The zero-order valence-corrected chi connectivity index (χ0v) is 22.2. The van der Waals surface area contributed by atoms with Crippen molar-refractivity contribution in [3.8, 4) is 6.07 Å². The summed E-state index contributed by atoms with van der Waals surface area (Å²) in [6.07, 6.45) is -0.0560. The van der Waals surface area contributed by atoms with Crippen LogP contribution in [0.25, 0.3) is 0 Å². The number of hydrogen-bond acceptors (Lipinski definition) is 7. The first-order valence-corrected chi connectivity index (χ1v) is 13.6. The van der Waals surface area contributed by atoms with Crippen molar-refractivity contribution in [2.24, 2.45) is 5.92 Å². The first-order valence-electron chi connectivity index (χ1n) is 13.6. The van der Waals surface area contributed by atoms with Crippen molar-refractivity contribution >= 4 is 23.5 Å². The minimum Gasteiger partial charge on any atom is -0.481 e. The Hall–Kier alpha value is -3.88. The van der Waals surface area contributed by atoms with Crippen LogP contribution in [0.15, 0.2) is 30.3 Å². The number of rotatable bonds is 10. The molecule has 4 rings (SSSR count). The summed E-state index contributed by atoms with van der Waals surface area (Å²) in [5.74, 6) is -1.71. The van der Waals surface area contributed by atoms with Gasteiger partial charge in [-0.2, -0.15) is 18.4 Å². The van der Waals surface area contributed by atoms with Gasteiger partial charge in [-0.15, -0.1) is 0 Å². The Labute approximate surface area is 231 Å². The fraction of sp³-hybridized carbons (Fsp3) is 0.536. The van der Waals surface area contributed by atoms with E-state index in [1.807, 2.05) is 17.0 Å². The van der Waals surface area contributed by atoms with Gasteiger partial charge in [-0.3, -0.25) is 9.59 Å². The molecule has 1 unspecified atom stereocenters. The Morgan fingerprint density at radius 1 is 1.07 bits per heavy atom. The molecule has 3 heterocycles. The van der Waals surface area contributed by atoms with Crippen molar-refractivity contribution < 1.29 is 27.9 Å². The second-order valence-corrected chi connectivity index (χ2v) is 10.3. The van der Waals surface area contributed by atoms with Gasteiger partial charge in [-0.1, -0.05) is 12.1 Å². The van der Waals surface area contributed by atoms with Crippen LogP contribution in [0.3, 0.4) is 0 Å². The Morgan fingerprint density at radius 2 is 1.77 bits per heavy atom. The third kappa shape index (κ3) is 7.61. The van der Waals surface area contributed by atoms with Crippen LogP contribution in [0, 0.1) is 17.2 Å². The molecule has 2 aromatic rings. The van der Waals surface area contributed by atoms with E-state index < -0.39 is 24.0 Å². The summed E-state index contributed by atoms with van der Waals surface area (Å²) in [4.78, 5) is 34.9. The molecule has 2 aliphatic rings. The maximum atomic E-state index is 13.8. The molecular formula is C28H33F3N6O3. The van der Waals surface area contributed by atoms with Gasteiger partial charge in [0.1, 0.15) is 17.7 Å². The van der Waals surface area contributed by atoms with E-state index >= 15 is 0 Å². The van der Waals surface area contributed by atoms with E-state index in [1.165, 1.54) is 0 Å². The monoisotopic (exact) mass is 558 g/mol. The molecule has 1 aromatic heterocycles. The zero-order chi connectivity index (χ0) is 28.7. The Morgan fingerprint density at radius 3 is 2.42 bits per heavy atom. The van der Waals surface area contributed by atoms with Gasteiger partial charge in [0.15, 0.2) is 0 Å². The quantitative estimate of drug-likeness (QED) is 0.446. The molecule has 0 radical (unpaired) electrons. The van der Waals surface area contributed by atoms with Crippen LogP contribution in [0.1, 0.15) is 61.9 Å². The van der Waals surface area contributed by atoms with E-state index in [-0.39, 0.29) is 24.0 Å². The number of nitrogens with zero attached hydrogens (tertiary/aromatic N) is 5. The first-order chi connectivity index (χ1) is 19.1. The molecule has 2 fully saturated rings. The van der Waals surface area contributed by atoms with E-state index in [0.29, 0.717) is 63.3 Å². The van der Waals surface area contributed by atoms with Gasteiger partial charge in [0.05, 0.1) is 11.6 Å². The molecule has 1 aromatic carbocycles. The minimum atomic E-state index is -4.74. The van der Waals surface area contributed by atoms with Crippen molar-refractivity contribution in [3.63, 3.8) is 0 Å². The lowest BCUT2D eigenvalue weighted by Crippen LogP contribution is -2.44. The summed E-state index contributed by atoms with van der Waals surface area (Å²) in [5.41, 5.74) is 1.51. The van der Waals surface area contributed by atoms with E-state index in [0.717, 1.165) is 24.8 Å². The predicted octanol–water partition coefficient (Wildman–Crippen LogP) is 4.17. The van der Waals surface area contributed by atoms with Crippen LogP contribution in [0.2, 0.25) is 0 Å². The number of halogens is 3.